The lowest BCUT2D eigenvalue weighted by atomic mass is 9.75. The molecule has 0 amide bonds. The minimum Gasteiger partial charge on any atom is -0.384 e. The lowest BCUT2D eigenvalue weighted by Crippen LogP contribution is -2.28. The van der Waals surface area contributed by atoms with Crippen molar-refractivity contribution in [2.45, 2.75) is 79.5 Å². The standard InChI is InChI=1S/C29H44N4O7P2/c1-8-37-41(35,38-9-2)27(42(36,39-10-3)40-11-4)13-12-16-31-24-17-23(15-14-22(24)20-30)33-25-18-29(6,7)19-26(34)28(25)21(5)32-33/h14-15,17,27,31H,8-13,16,18-19H2,1-7H3. The minimum atomic E-state index is -3.84. The van der Waals surface area contributed by atoms with E-state index in [1.807, 2.05) is 19.1 Å². The Balaban J connectivity index is 1.87. The van der Waals surface area contributed by atoms with Crippen molar-refractivity contribution in [3.63, 3.8) is 0 Å². The first-order chi connectivity index (χ1) is 19.9. The first kappa shape index (κ1) is 34.2. The van der Waals surface area contributed by atoms with Crippen molar-refractivity contribution in [1.82, 2.24) is 9.78 Å². The van der Waals surface area contributed by atoms with Crippen molar-refractivity contribution in [3.05, 3.63) is 40.7 Å². The summed E-state index contributed by atoms with van der Waals surface area (Å²) in [6, 6.07) is 7.59. The third-order valence-corrected chi connectivity index (χ3v) is 13.2. The number of ketones is 1. The Labute approximate surface area is 249 Å². The number of nitrogens with zero attached hydrogens (tertiary/aromatic N) is 3. The van der Waals surface area contributed by atoms with Gasteiger partial charge in [-0.3, -0.25) is 13.9 Å². The third kappa shape index (κ3) is 7.60. The third-order valence-electron chi connectivity index (χ3n) is 7.01. The number of rotatable bonds is 16. The molecule has 1 N–H and O–H groups in total. The fourth-order valence-electron chi connectivity index (χ4n) is 5.40. The average Bonchev–Trinajstić information content (AvgIpc) is 3.23. The fourth-order valence-corrected chi connectivity index (χ4v) is 10.9. The Hall–Kier alpha value is -2.31. The summed E-state index contributed by atoms with van der Waals surface area (Å²) >= 11 is 0. The molecule has 0 radical (unpaired) electrons. The predicted molar refractivity (Wildman–Crippen MR) is 163 cm³/mol. The van der Waals surface area contributed by atoms with Crippen LogP contribution in [0, 0.1) is 23.7 Å². The minimum absolute atomic E-state index is 0.0966. The number of fused-ring (bicyclic) bond motifs is 1. The molecule has 3 rings (SSSR count). The Kier molecular flexibility index (Phi) is 11.8. The largest absolute Gasteiger partial charge is 0.384 e. The Bertz CT molecular complexity index is 1350. The quantitative estimate of drug-likeness (QED) is 0.150. The van der Waals surface area contributed by atoms with Gasteiger partial charge >= 0.3 is 15.2 Å². The molecule has 0 fully saturated rings. The molecule has 0 bridgehead atoms. The summed E-state index contributed by atoms with van der Waals surface area (Å²) in [6.45, 7) is 13.6. The van der Waals surface area contributed by atoms with E-state index in [0.29, 0.717) is 48.3 Å². The van der Waals surface area contributed by atoms with Crippen LogP contribution in [-0.4, -0.2) is 53.9 Å². The van der Waals surface area contributed by atoms with Gasteiger partial charge in [-0.25, -0.2) is 4.68 Å². The molecule has 1 heterocycles. The molecule has 1 aromatic heterocycles. The van der Waals surface area contributed by atoms with E-state index in [-0.39, 0.29) is 44.0 Å². The van der Waals surface area contributed by atoms with Gasteiger partial charge in [-0.1, -0.05) is 13.8 Å². The summed E-state index contributed by atoms with van der Waals surface area (Å²) in [6.07, 6.45) is 1.77. The molecule has 11 nitrogen and oxygen atoms in total. The summed E-state index contributed by atoms with van der Waals surface area (Å²) in [7, 11) is -7.69. The zero-order valence-corrected chi connectivity index (χ0v) is 27.6. The van der Waals surface area contributed by atoms with E-state index >= 15 is 0 Å². The number of carbonyl (C=O) groups is 1. The number of nitriles is 1. The molecular formula is C29H44N4O7P2. The lowest BCUT2D eigenvalue weighted by molar-refractivity contribution is 0.0910. The Morgan fingerprint density at radius 1 is 1.02 bits per heavy atom. The van der Waals surface area contributed by atoms with Crippen molar-refractivity contribution in [2.24, 2.45) is 5.41 Å². The van der Waals surface area contributed by atoms with E-state index in [9.17, 15) is 19.2 Å². The van der Waals surface area contributed by atoms with Gasteiger partial charge < -0.3 is 23.4 Å². The molecule has 0 saturated heterocycles. The van der Waals surface area contributed by atoms with Crippen LogP contribution in [0.1, 0.15) is 88.1 Å². The molecule has 1 aromatic carbocycles. The topological polar surface area (TPSA) is 142 Å². The van der Waals surface area contributed by atoms with Crippen molar-refractivity contribution in [2.75, 3.05) is 38.3 Å². The van der Waals surface area contributed by atoms with Crippen molar-refractivity contribution < 1.29 is 32.0 Å². The predicted octanol–water partition coefficient (Wildman–Crippen LogP) is 7.26. The van der Waals surface area contributed by atoms with Gasteiger partial charge in [0.2, 0.25) is 0 Å². The first-order valence-electron chi connectivity index (χ1n) is 14.6. The second-order valence-electron chi connectivity index (χ2n) is 10.9. The molecule has 0 aliphatic heterocycles. The van der Waals surface area contributed by atoms with E-state index in [1.165, 1.54) is 0 Å². The van der Waals surface area contributed by atoms with Gasteiger partial charge in [-0.15, -0.1) is 0 Å². The van der Waals surface area contributed by atoms with Crippen LogP contribution in [0.15, 0.2) is 18.2 Å². The Morgan fingerprint density at radius 3 is 2.12 bits per heavy atom. The van der Waals surface area contributed by atoms with Crippen LogP contribution in [-0.2, 0) is 33.6 Å². The number of benzene rings is 1. The normalized spacial score (nSPS) is 15.1. The monoisotopic (exact) mass is 622 g/mol. The molecule has 0 unspecified atom stereocenters. The number of aromatic nitrogens is 2. The number of hydrogen-bond acceptors (Lipinski definition) is 10. The maximum absolute atomic E-state index is 13.8. The van der Waals surface area contributed by atoms with Crippen LogP contribution in [0.2, 0.25) is 0 Å². The zero-order valence-electron chi connectivity index (χ0n) is 25.8. The summed E-state index contributed by atoms with van der Waals surface area (Å²) in [4.78, 5) is 12.9. The van der Waals surface area contributed by atoms with E-state index < -0.39 is 20.6 Å². The van der Waals surface area contributed by atoms with Gasteiger partial charge in [-0.2, -0.15) is 10.4 Å². The number of nitrogens with one attached hydrogen (secondary N) is 1. The van der Waals surface area contributed by atoms with Gasteiger partial charge in [0.05, 0.1) is 60.3 Å². The van der Waals surface area contributed by atoms with Crippen LogP contribution in [0.4, 0.5) is 5.69 Å². The molecular weight excluding hydrogens is 578 g/mol. The highest BCUT2D eigenvalue weighted by molar-refractivity contribution is 7.72. The molecule has 42 heavy (non-hydrogen) atoms. The van der Waals surface area contributed by atoms with Crippen molar-refractivity contribution in [1.29, 1.82) is 5.26 Å². The second-order valence-corrected chi connectivity index (χ2v) is 15.7. The SMILES string of the molecule is CCOP(=O)(OCC)C(CCCNc1cc(-n2nc(C)c3c2CC(C)(C)CC3=O)ccc1C#N)P(=O)(OCC)OCC. The molecule has 1 aliphatic rings. The van der Waals surface area contributed by atoms with Crippen LogP contribution in [0.25, 0.3) is 5.69 Å². The average molecular weight is 623 g/mol. The summed E-state index contributed by atoms with van der Waals surface area (Å²) in [5.74, 6) is 0.0966. The second kappa shape index (κ2) is 14.4. The fraction of sp³-hybridized carbons (Fsp3) is 0.621. The molecule has 2 aromatic rings. The van der Waals surface area contributed by atoms with Gasteiger partial charge in [0.15, 0.2) is 11.2 Å². The van der Waals surface area contributed by atoms with E-state index in [4.69, 9.17) is 18.1 Å². The highest BCUT2D eigenvalue weighted by atomic mass is 31.2. The van der Waals surface area contributed by atoms with E-state index in [0.717, 1.165) is 11.4 Å². The first-order valence-corrected chi connectivity index (χ1v) is 17.8. The number of carbonyl (C=O) groups excluding carboxylic acids is 1. The number of hydrogen-bond donors (Lipinski definition) is 1. The van der Waals surface area contributed by atoms with E-state index in [2.05, 4.69) is 30.3 Å². The molecule has 0 atom stereocenters. The smallest absolute Gasteiger partial charge is 0.345 e. The van der Waals surface area contributed by atoms with Crippen LogP contribution < -0.4 is 5.32 Å². The van der Waals surface area contributed by atoms with Crippen molar-refractivity contribution >= 4 is 26.7 Å². The van der Waals surface area contributed by atoms with Gasteiger partial charge in [0, 0.05) is 13.0 Å². The van der Waals surface area contributed by atoms with Crippen LogP contribution in [0.3, 0.4) is 0 Å². The maximum atomic E-state index is 13.8. The molecule has 0 saturated carbocycles. The lowest BCUT2D eigenvalue weighted by Gasteiger charge is -2.31. The summed E-state index contributed by atoms with van der Waals surface area (Å²) in [5, 5.41) is 16.7. The molecule has 13 heteroatoms. The molecule has 1 aliphatic carbocycles. The Morgan fingerprint density at radius 2 is 1.60 bits per heavy atom. The summed E-state index contributed by atoms with van der Waals surface area (Å²) < 4.78 is 51.6. The zero-order chi connectivity index (χ0) is 31.1. The van der Waals surface area contributed by atoms with Crippen LogP contribution in [0.5, 0.6) is 0 Å². The maximum Gasteiger partial charge on any atom is 0.345 e. The van der Waals surface area contributed by atoms with Gasteiger partial charge in [0.1, 0.15) is 6.07 Å². The highest BCUT2D eigenvalue weighted by Crippen LogP contribution is 2.71. The number of anilines is 1. The number of aryl methyl sites for hydroxylation is 1. The van der Waals surface area contributed by atoms with Crippen LogP contribution >= 0.6 is 15.2 Å². The molecule has 0 spiro atoms. The number of Topliss-reactive ketones (excluding diaryl/α,β-unsaturated/α-hetero) is 1. The molecule has 232 valence electrons. The van der Waals surface area contributed by atoms with E-state index in [1.54, 1.807) is 38.4 Å². The van der Waals surface area contributed by atoms with Gasteiger partial charge in [-0.05, 0) is 77.5 Å². The highest BCUT2D eigenvalue weighted by Gasteiger charge is 2.50. The summed E-state index contributed by atoms with van der Waals surface area (Å²) in [5.41, 5.74) is 3.83. The van der Waals surface area contributed by atoms with Crippen molar-refractivity contribution in [3.8, 4) is 11.8 Å². The van der Waals surface area contributed by atoms with Gasteiger partial charge in [0.25, 0.3) is 0 Å².